The lowest BCUT2D eigenvalue weighted by Gasteiger charge is -2.27. The van der Waals surface area contributed by atoms with E-state index in [0.717, 1.165) is 43.5 Å². The Labute approximate surface area is 141 Å². The molecule has 2 aromatic rings. The van der Waals surface area contributed by atoms with Gasteiger partial charge in [0.2, 0.25) is 5.91 Å². The Morgan fingerprint density at radius 1 is 1.29 bits per heavy atom. The lowest BCUT2D eigenvalue weighted by atomic mass is 9.81. The molecule has 0 unspecified atom stereocenters. The van der Waals surface area contributed by atoms with Gasteiger partial charge in [-0.05, 0) is 48.1 Å². The monoisotopic (exact) mass is 329 g/mol. The predicted molar refractivity (Wildman–Crippen MR) is 88.1 cm³/mol. The highest BCUT2D eigenvalue weighted by atomic mass is 16.5. The number of amides is 1. The van der Waals surface area contributed by atoms with E-state index in [4.69, 9.17) is 4.74 Å². The molecule has 1 saturated carbocycles. The lowest BCUT2D eigenvalue weighted by Crippen LogP contribution is -2.33. The Bertz CT molecular complexity index is 651. The number of carbonyl (C=O) groups excluding carboxylic acids is 1. The first-order valence-electron chi connectivity index (χ1n) is 8.36. The van der Waals surface area contributed by atoms with Crippen molar-refractivity contribution in [2.45, 2.75) is 38.8 Å². The second-order valence-corrected chi connectivity index (χ2v) is 6.28. The maximum Gasteiger partial charge on any atom is 0.223 e. The van der Waals surface area contributed by atoms with Crippen LogP contribution in [0.4, 0.5) is 0 Å². The van der Waals surface area contributed by atoms with Gasteiger partial charge in [0.15, 0.2) is 0 Å². The summed E-state index contributed by atoms with van der Waals surface area (Å²) in [6, 6.07) is 7.76. The van der Waals surface area contributed by atoms with Crippen molar-refractivity contribution >= 4 is 5.91 Å². The number of rotatable bonds is 6. The Morgan fingerprint density at radius 2 is 2.08 bits per heavy atom. The van der Waals surface area contributed by atoms with Gasteiger partial charge in [0, 0.05) is 24.6 Å². The highest BCUT2D eigenvalue weighted by molar-refractivity contribution is 5.78. The van der Waals surface area contributed by atoms with Gasteiger partial charge in [-0.25, -0.2) is 4.68 Å². The number of benzene rings is 1. The van der Waals surface area contributed by atoms with Crippen molar-refractivity contribution in [1.29, 1.82) is 0 Å². The van der Waals surface area contributed by atoms with Crippen LogP contribution in [0.15, 0.2) is 30.6 Å². The summed E-state index contributed by atoms with van der Waals surface area (Å²) in [5, 5.41) is 14.3. The molecule has 1 fully saturated rings. The molecule has 0 spiro atoms. The Hall–Kier alpha value is -2.44. The molecule has 0 atom stereocenters. The van der Waals surface area contributed by atoms with Crippen LogP contribution in [-0.4, -0.2) is 33.2 Å². The standard InChI is InChI=1S/C17H23N5O2/c1-24-16-5-3-2-4-15(16)10-18-17(23)14-8-6-13(7-9-14)11-22-12-19-20-21-22/h2-5,12-14H,6-11H2,1H3,(H,18,23). The van der Waals surface area contributed by atoms with Gasteiger partial charge >= 0.3 is 0 Å². The molecular weight excluding hydrogens is 306 g/mol. The van der Waals surface area contributed by atoms with Gasteiger partial charge in [-0.2, -0.15) is 0 Å². The average molecular weight is 329 g/mol. The summed E-state index contributed by atoms with van der Waals surface area (Å²) < 4.78 is 7.09. The highest BCUT2D eigenvalue weighted by Gasteiger charge is 2.26. The minimum Gasteiger partial charge on any atom is -0.496 e. The van der Waals surface area contributed by atoms with Crippen LogP contribution in [0, 0.1) is 11.8 Å². The second kappa shape index (κ2) is 7.90. The molecule has 128 valence electrons. The van der Waals surface area contributed by atoms with Crippen molar-refractivity contribution in [2.24, 2.45) is 11.8 Å². The molecule has 0 saturated heterocycles. The van der Waals surface area contributed by atoms with E-state index >= 15 is 0 Å². The number of hydrogen-bond acceptors (Lipinski definition) is 5. The summed E-state index contributed by atoms with van der Waals surface area (Å²) in [5.41, 5.74) is 1.00. The molecule has 1 aromatic carbocycles. The fraction of sp³-hybridized carbons (Fsp3) is 0.529. The zero-order valence-corrected chi connectivity index (χ0v) is 13.9. The van der Waals surface area contributed by atoms with Crippen LogP contribution < -0.4 is 10.1 Å². The van der Waals surface area contributed by atoms with Gasteiger partial charge < -0.3 is 10.1 Å². The van der Waals surface area contributed by atoms with Crippen LogP contribution in [-0.2, 0) is 17.9 Å². The third kappa shape index (κ3) is 4.10. The molecular formula is C17H23N5O2. The smallest absolute Gasteiger partial charge is 0.223 e. The molecule has 1 amide bonds. The van der Waals surface area contributed by atoms with E-state index in [-0.39, 0.29) is 11.8 Å². The third-order valence-electron chi connectivity index (χ3n) is 4.70. The van der Waals surface area contributed by atoms with Crippen LogP contribution in [0.3, 0.4) is 0 Å². The first-order chi connectivity index (χ1) is 11.8. The maximum atomic E-state index is 12.4. The van der Waals surface area contributed by atoms with Gasteiger partial charge in [0.25, 0.3) is 0 Å². The molecule has 3 rings (SSSR count). The topological polar surface area (TPSA) is 81.9 Å². The van der Waals surface area contributed by atoms with Gasteiger partial charge in [-0.3, -0.25) is 4.79 Å². The van der Waals surface area contributed by atoms with Gasteiger partial charge in [-0.15, -0.1) is 5.10 Å². The molecule has 1 aliphatic rings. The van der Waals surface area contributed by atoms with Crippen molar-refractivity contribution in [1.82, 2.24) is 25.5 Å². The molecule has 1 aromatic heterocycles. The molecule has 1 heterocycles. The SMILES string of the molecule is COc1ccccc1CNC(=O)C1CCC(Cn2cnnn2)CC1. The molecule has 1 aliphatic carbocycles. The fourth-order valence-corrected chi connectivity index (χ4v) is 3.31. The number of carbonyl (C=O) groups is 1. The van der Waals surface area contributed by atoms with E-state index < -0.39 is 0 Å². The van der Waals surface area contributed by atoms with Crippen molar-refractivity contribution < 1.29 is 9.53 Å². The summed E-state index contributed by atoms with van der Waals surface area (Å²) in [4.78, 5) is 12.4. The molecule has 1 N–H and O–H groups in total. The third-order valence-corrected chi connectivity index (χ3v) is 4.70. The predicted octanol–water partition coefficient (Wildman–Crippen LogP) is 1.80. The molecule has 0 aliphatic heterocycles. The first kappa shape index (κ1) is 16.4. The summed E-state index contributed by atoms with van der Waals surface area (Å²) >= 11 is 0. The zero-order chi connectivity index (χ0) is 16.8. The quantitative estimate of drug-likeness (QED) is 0.874. The fourth-order valence-electron chi connectivity index (χ4n) is 3.31. The second-order valence-electron chi connectivity index (χ2n) is 6.28. The molecule has 7 nitrogen and oxygen atoms in total. The normalized spacial score (nSPS) is 20.5. The average Bonchev–Trinajstić information content (AvgIpc) is 3.13. The van der Waals surface area contributed by atoms with Crippen molar-refractivity contribution in [3.63, 3.8) is 0 Å². The van der Waals surface area contributed by atoms with Crippen LogP contribution in [0.1, 0.15) is 31.2 Å². The largest absolute Gasteiger partial charge is 0.496 e. The zero-order valence-electron chi connectivity index (χ0n) is 13.9. The summed E-state index contributed by atoms with van der Waals surface area (Å²) in [7, 11) is 1.65. The first-order valence-corrected chi connectivity index (χ1v) is 8.36. The van der Waals surface area contributed by atoms with Crippen LogP contribution in [0.2, 0.25) is 0 Å². The van der Waals surface area contributed by atoms with Crippen molar-refractivity contribution in [3.05, 3.63) is 36.2 Å². The van der Waals surface area contributed by atoms with Gasteiger partial charge in [0.05, 0.1) is 7.11 Å². The van der Waals surface area contributed by atoms with Crippen LogP contribution in [0.5, 0.6) is 5.75 Å². The van der Waals surface area contributed by atoms with Crippen LogP contribution in [0.25, 0.3) is 0 Å². The van der Waals surface area contributed by atoms with E-state index in [2.05, 4.69) is 20.8 Å². The van der Waals surface area contributed by atoms with Crippen molar-refractivity contribution in [2.75, 3.05) is 7.11 Å². The number of tetrazole rings is 1. The lowest BCUT2D eigenvalue weighted by molar-refractivity contribution is -0.126. The number of nitrogens with one attached hydrogen (secondary N) is 1. The Balaban J connectivity index is 1.45. The van der Waals surface area contributed by atoms with E-state index in [0.29, 0.717) is 12.5 Å². The van der Waals surface area contributed by atoms with E-state index in [1.165, 1.54) is 0 Å². The molecule has 7 heteroatoms. The molecule has 0 bridgehead atoms. The minimum atomic E-state index is 0.102. The van der Waals surface area contributed by atoms with E-state index in [1.807, 2.05) is 24.3 Å². The van der Waals surface area contributed by atoms with Crippen molar-refractivity contribution in [3.8, 4) is 5.75 Å². The number of hydrogen-bond donors (Lipinski definition) is 1. The van der Waals surface area contributed by atoms with Gasteiger partial charge in [-0.1, -0.05) is 18.2 Å². The Morgan fingerprint density at radius 3 is 2.79 bits per heavy atom. The summed E-state index contributed by atoms with van der Waals surface area (Å²) in [5.74, 6) is 1.60. The number of methoxy groups -OCH3 is 1. The molecule has 24 heavy (non-hydrogen) atoms. The van der Waals surface area contributed by atoms with Crippen LogP contribution >= 0.6 is 0 Å². The van der Waals surface area contributed by atoms with E-state index in [1.54, 1.807) is 18.1 Å². The number of para-hydroxylation sites is 1. The maximum absolute atomic E-state index is 12.4. The number of aromatic nitrogens is 4. The minimum absolute atomic E-state index is 0.102. The highest BCUT2D eigenvalue weighted by Crippen LogP contribution is 2.30. The van der Waals surface area contributed by atoms with Gasteiger partial charge in [0.1, 0.15) is 12.1 Å². The molecule has 0 radical (unpaired) electrons. The number of ether oxygens (including phenoxy) is 1. The van der Waals surface area contributed by atoms with E-state index in [9.17, 15) is 4.79 Å². The number of nitrogens with zero attached hydrogens (tertiary/aromatic N) is 4. The Kier molecular flexibility index (Phi) is 5.40. The summed E-state index contributed by atoms with van der Waals surface area (Å²) in [6.07, 6.45) is 5.56. The summed E-state index contributed by atoms with van der Waals surface area (Å²) in [6.45, 7) is 1.34.